The van der Waals surface area contributed by atoms with E-state index in [9.17, 15) is 4.79 Å². The van der Waals surface area contributed by atoms with Gasteiger partial charge in [0.25, 0.3) is 5.91 Å². The van der Waals surface area contributed by atoms with E-state index < -0.39 is 0 Å². The highest BCUT2D eigenvalue weighted by Crippen LogP contribution is 2.32. The monoisotopic (exact) mass is 426 g/mol. The van der Waals surface area contributed by atoms with Gasteiger partial charge in [-0.1, -0.05) is 29.0 Å². The lowest BCUT2D eigenvalue weighted by Gasteiger charge is -2.27. The molecule has 0 atom stereocenters. The summed E-state index contributed by atoms with van der Waals surface area (Å²) in [5.41, 5.74) is 3.73. The van der Waals surface area contributed by atoms with Crippen LogP contribution < -0.4 is 14.5 Å². The maximum Gasteiger partial charge on any atom is 0.260 e. The quantitative estimate of drug-likeness (QED) is 0.658. The SMILES string of the molecule is COc1ccc2sc(N(CC[NH+]3CCOCC3)C(=O)c3ccc(C)cc3C)nc2c1. The molecule has 3 aromatic rings. The van der Waals surface area contributed by atoms with Crippen LogP contribution in [0.1, 0.15) is 21.5 Å². The summed E-state index contributed by atoms with van der Waals surface area (Å²) in [4.78, 5) is 21.7. The van der Waals surface area contributed by atoms with E-state index in [1.165, 1.54) is 4.90 Å². The van der Waals surface area contributed by atoms with Gasteiger partial charge in [-0.05, 0) is 37.6 Å². The third-order valence-electron chi connectivity index (χ3n) is 5.56. The van der Waals surface area contributed by atoms with Crippen molar-refractivity contribution in [3.05, 3.63) is 53.1 Å². The molecule has 1 aliphatic rings. The molecule has 0 bridgehead atoms. The van der Waals surface area contributed by atoms with Gasteiger partial charge in [0.2, 0.25) is 0 Å². The molecule has 2 heterocycles. The third-order valence-corrected chi connectivity index (χ3v) is 6.62. The molecular formula is C23H28N3O3S+. The second-order valence-electron chi connectivity index (χ2n) is 7.72. The zero-order valence-electron chi connectivity index (χ0n) is 17.7. The Hall–Kier alpha value is -2.48. The first-order chi connectivity index (χ1) is 14.5. The number of aromatic nitrogens is 1. The zero-order chi connectivity index (χ0) is 21.1. The highest BCUT2D eigenvalue weighted by Gasteiger charge is 2.25. The van der Waals surface area contributed by atoms with Crippen molar-refractivity contribution in [2.45, 2.75) is 13.8 Å². The van der Waals surface area contributed by atoms with Crippen LogP contribution in [-0.4, -0.2) is 57.4 Å². The van der Waals surface area contributed by atoms with E-state index in [1.807, 2.05) is 49.1 Å². The number of amides is 1. The molecule has 0 saturated carbocycles. The van der Waals surface area contributed by atoms with Crippen LogP contribution in [-0.2, 0) is 4.74 Å². The summed E-state index contributed by atoms with van der Waals surface area (Å²) < 4.78 is 11.8. The number of quaternary nitrogens is 1. The zero-order valence-corrected chi connectivity index (χ0v) is 18.6. The van der Waals surface area contributed by atoms with Crippen molar-refractivity contribution in [2.75, 3.05) is 51.4 Å². The van der Waals surface area contributed by atoms with Gasteiger partial charge in [0.05, 0.1) is 43.6 Å². The Kier molecular flexibility index (Phi) is 6.32. The maximum atomic E-state index is 13.6. The molecule has 1 aliphatic heterocycles. The molecule has 1 amide bonds. The summed E-state index contributed by atoms with van der Waals surface area (Å²) in [6.45, 7) is 9.04. The number of rotatable bonds is 6. The summed E-state index contributed by atoms with van der Waals surface area (Å²) in [5, 5.41) is 0.732. The van der Waals surface area contributed by atoms with E-state index >= 15 is 0 Å². The normalized spacial score (nSPS) is 14.8. The number of carbonyl (C=O) groups excluding carboxylic acids is 1. The second-order valence-corrected chi connectivity index (χ2v) is 8.73. The summed E-state index contributed by atoms with van der Waals surface area (Å²) in [6, 6.07) is 11.8. The van der Waals surface area contributed by atoms with Gasteiger partial charge < -0.3 is 14.4 Å². The number of hydrogen-bond acceptors (Lipinski definition) is 5. The number of fused-ring (bicyclic) bond motifs is 1. The van der Waals surface area contributed by atoms with Crippen LogP contribution in [0.25, 0.3) is 10.2 Å². The molecule has 6 nitrogen and oxygen atoms in total. The molecule has 0 unspecified atom stereocenters. The van der Waals surface area contributed by atoms with Crippen molar-refractivity contribution in [2.24, 2.45) is 0 Å². The van der Waals surface area contributed by atoms with Crippen LogP contribution in [0.3, 0.4) is 0 Å². The van der Waals surface area contributed by atoms with Crippen molar-refractivity contribution < 1.29 is 19.2 Å². The van der Waals surface area contributed by atoms with Crippen LogP contribution in [0.4, 0.5) is 5.13 Å². The van der Waals surface area contributed by atoms with Gasteiger partial charge in [0.1, 0.15) is 18.8 Å². The lowest BCUT2D eigenvalue weighted by molar-refractivity contribution is -0.906. The predicted octanol–water partition coefficient (Wildman–Crippen LogP) is 2.48. The molecule has 0 spiro atoms. The molecule has 0 aliphatic carbocycles. The van der Waals surface area contributed by atoms with Gasteiger partial charge in [0.15, 0.2) is 5.13 Å². The molecule has 0 radical (unpaired) electrons. The number of methoxy groups -OCH3 is 1. The Bertz CT molecular complexity index is 1040. The average Bonchev–Trinajstić information content (AvgIpc) is 3.17. The molecule has 1 saturated heterocycles. The summed E-state index contributed by atoms with van der Waals surface area (Å²) >= 11 is 1.55. The fraction of sp³-hybridized carbons (Fsp3) is 0.391. The Morgan fingerprint density at radius 1 is 1.20 bits per heavy atom. The third kappa shape index (κ3) is 4.48. The largest absolute Gasteiger partial charge is 0.497 e. The van der Waals surface area contributed by atoms with Gasteiger partial charge in [-0.2, -0.15) is 0 Å². The molecular weight excluding hydrogens is 398 g/mol. The smallest absolute Gasteiger partial charge is 0.260 e. The van der Waals surface area contributed by atoms with E-state index in [2.05, 4.69) is 6.07 Å². The number of morpholine rings is 1. The van der Waals surface area contributed by atoms with Crippen molar-refractivity contribution in [1.29, 1.82) is 0 Å². The Balaban J connectivity index is 1.66. The molecule has 1 fully saturated rings. The number of ether oxygens (including phenoxy) is 2. The Morgan fingerprint density at radius 2 is 2.00 bits per heavy atom. The molecule has 30 heavy (non-hydrogen) atoms. The second kappa shape index (κ2) is 9.12. The van der Waals surface area contributed by atoms with Crippen LogP contribution in [0.2, 0.25) is 0 Å². The van der Waals surface area contributed by atoms with Gasteiger partial charge in [-0.15, -0.1) is 0 Å². The van der Waals surface area contributed by atoms with Crippen molar-refractivity contribution in [3.63, 3.8) is 0 Å². The molecule has 1 N–H and O–H groups in total. The number of aryl methyl sites for hydroxylation is 2. The molecule has 4 rings (SSSR count). The fourth-order valence-corrected chi connectivity index (χ4v) is 4.77. The summed E-state index contributed by atoms with van der Waals surface area (Å²) in [6.07, 6.45) is 0. The van der Waals surface area contributed by atoms with Crippen molar-refractivity contribution in [1.82, 2.24) is 4.98 Å². The van der Waals surface area contributed by atoms with E-state index in [4.69, 9.17) is 14.5 Å². The number of hydrogen-bond donors (Lipinski definition) is 1. The lowest BCUT2D eigenvalue weighted by atomic mass is 10.0. The van der Waals surface area contributed by atoms with Crippen LogP contribution in [0.15, 0.2) is 36.4 Å². The number of benzene rings is 2. The standard InChI is InChI=1S/C23H27N3O3S/c1-16-4-6-19(17(2)14-16)22(27)26(9-8-25-10-12-29-13-11-25)23-24-20-15-18(28-3)5-7-21(20)30-23/h4-7,14-15H,8-13H2,1-3H3/p+1. The molecule has 2 aromatic carbocycles. The maximum absolute atomic E-state index is 13.6. The van der Waals surface area contributed by atoms with Crippen molar-refractivity contribution in [3.8, 4) is 5.75 Å². The number of carbonyl (C=O) groups is 1. The van der Waals surface area contributed by atoms with E-state index in [0.717, 1.165) is 70.6 Å². The van der Waals surface area contributed by atoms with Crippen molar-refractivity contribution >= 4 is 32.6 Å². The Labute approximate surface area is 181 Å². The highest BCUT2D eigenvalue weighted by molar-refractivity contribution is 7.22. The van der Waals surface area contributed by atoms with Gasteiger partial charge in [-0.3, -0.25) is 9.69 Å². The topological polar surface area (TPSA) is 56.1 Å². The number of nitrogens with one attached hydrogen (secondary N) is 1. The van der Waals surface area contributed by atoms with E-state index in [0.29, 0.717) is 6.54 Å². The molecule has 7 heteroatoms. The fourth-order valence-electron chi connectivity index (χ4n) is 3.80. The van der Waals surface area contributed by atoms with Gasteiger partial charge in [0, 0.05) is 11.6 Å². The van der Waals surface area contributed by atoms with E-state index in [-0.39, 0.29) is 5.91 Å². The molecule has 158 valence electrons. The summed E-state index contributed by atoms with van der Waals surface area (Å²) in [7, 11) is 1.65. The minimum Gasteiger partial charge on any atom is -0.497 e. The first-order valence-corrected chi connectivity index (χ1v) is 11.1. The van der Waals surface area contributed by atoms with Gasteiger partial charge in [-0.25, -0.2) is 4.98 Å². The minimum absolute atomic E-state index is 0.00572. The molecule has 1 aromatic heterocycles. The lowest BCUT2D eigenvalue weighted by Crippen LogP contribution is -3.14. The van der Waals surface area contributed by atoms with Crippen LogP contribution in [0.5, 0.6) is 5.75 Å². The Morgan fingerprint density at radius 3 is 2.73 bits per heavy atom. The van der Waals surface area contributed by atoms with Crippen LogP contribution >= 0.6 is 11.3 Å². The van der Waals surface area contributed by atoms with Gasteiger partial charge >= 0.3 is 0 Å². The van der Waals surface area contributed by atoms with Crippen LogP contribution in [0, 0.1) is 13.8 Å². The number of thiazole rings is 1. The number of anilines is 1. The predicted molar refractivity (Wildman–Crippen MR) is 120 cm³/mol. The summed E-state index contributed by atoms with van der Waals surface area (Å²) in [5.74, 6) is 0.774. The first kappa shape index (κ1) is 20.8. The first-order valence-electron chi connectivity index (χ1n) is 10.3. The van der Waals surface area contributed by atoms with E-state index in [1.54, 1.807) is 18.4 Å². The average molecular weight is 427 g/mol. The highest BCUT2D eigenvalue weighted by atomic mass is 32.1. The number of nitrogens with zero attached hydrogens (tertiary/aromatic N) is 2. The minimum atomic E-state index is 0.00572.